The Hall–Kier alpha value is -1.47. The smallest absolute Gasteiger partial charge is 0.416 e. The van der Waals surface area contributed by atoms with Crippen molar-refractivity contribution in [3.05, 3.63) is 55.2 Å². The molecule has 1 saturated heterocycles. The molecule has 1 N–H and O–H groups in total. The summed E-state index contributed by atoms with van der Waals surface area (Å²) in [5, 5.41) is 9.39. The molecule has 1 heterocycles. The van der Waals surface area contributed by atoms with Crippen molar-refractivity contribution in [3.63, 3.8) is 0 Å². The number of ether oxygens (including phenoxy) is 1. The summed E-state index contributed by atoms with van der Waals surface area (Å²) >= 11 is 4.48. The van der Waals surface area contributed by atoms with E-state index in [-0.39, 0.29) is 30.4 Å². The predicted molar refractivity (Wildman–Crippen MR) is 160 cm³/mol. The Kier molecular flexibility index (Phi) is 15.5. The molecule has 0 aromatic heterocycles. The van der Waals surface area contributed by atoms with Gasteiger partial charge in [0, 0.05) is 26.4 Å². The van der Waals surface area contributed by atoms with E-state index < -0.39 is 12.2 Å². The van der Waals surface area contributed by atoms with E-state index in [2.05, 4.69) is 58.2 Å². The van der Waals surface area contributed by atoms with Crippen LogP contribution in [0, 0.1) is 5.92 Å². The van der Waals surface area contributed by atoms with Gasteiger partial charge in [0.05, 0.1) is 6.04 Å². The van der Waals surface area contributed by atoms with Crippen LogP contribution < -0.4 is 0 Å². The minimum Gasteiger partial charge on any atom is -0.447 e. The highest BCUT2D eigenvalue weighted by molar-refractivity contribution is 14.1. The number of hydrogen-bond donors (Lipinski definition) is 1. The molecule has 2 rings (SSSR count). The largest absolute Gasteiger partial charge is 0.447 e. The first-order valence-corrected chi connectivity index (χ1v) is 14.3. The summed E-state index contributed by atoms with van der Waals surface area (Å²) in [4.78, 5) is 38.5. The zero-order valence-electron chi connectivity index (χ0n) is 21.7. The average Bonchev–Trinajstić information content (AvgIpc) is 3.24. The molecule has 1 aliphatic rings. The van der Waals surface area contributed by atoms with Gasteiger partial charge >= 0.3 is 6.09 Å². The van der Waals surface area contributed by atoms with Crippen LogP contribution in [0.15, 0.2) is 49.6 Å². The Labute approximate surface area is 242 Å². The second-order valence-corrected chi connectivity index (χ2v) is 11.5. The summed E-state index contributed by atoms with van der Waals surface area (Å²) in [7, 11) is 3.28. The van der Waals surface area contributed by atoms with Gasteiger partial charge in [-0.2, -0.15) is 0 Å². The van der Waals surface area contributed by atoms with Gasteiger partial charge < -0.3 is 14.7 Å². The zero-order valence-corrected chi connectivity index (χ0v) is 26.1. The van der Waals surface area contributed by atoms with Crippen LogP contribution in [0.3, 0.4) is 0 Å². The molecule has 0 aliphatic carbocycles. The molecule has 3 atom stereocenters. The first-order valence-electron chi connectivity index (χ1n) is 12.1. The van der Waals surface area contributed by atoms with Crippen LogP contribution in [0.25, 0.3) is 0 Å². The van der Waals surface area contributed by atoms with Gasteiger partial charge in [0.2, 0.25) is 5.91 Å². The molecule has 1 aliphatic heterocycles. The van der Waals surface area contributed by atoms with Crippen LogP contribution in [0.1, 0.15) is 52.0 Å². The number of imide groups is 1. The third-order valence-corrected chi connectivity index (χ3v) is 8.00. The summed E-state index contributed by atoms with van der Waals surface area (Å²) in [5.41, 5.74) is 1.10. The van der Waals surface area contributed by atoms with E-state index >= 15 is 0 Å². The normalized spacial score (nSPS) is 17.6. The number of benzene rings is 1. The molecular formula is C27H38I2N2O5. The Morgan fingerprint density at radius 1 is 1.11 bits per heavy atom. The number of allylic oxidation sites excluding steroid dienone is 3. The maximum atomic E-state index is 12.7. The standard InChI is InChI=1S/C18H22INO3.C9H16INO2/c1-3-15(19)10-9-13(2)17(21)20-16(12-23-18(20)22)11-14-7-5-4-6-8-14;1-4-7(10)5-6-8(12)9(13)11(2)3/h4-8,10,13,16H,3,9,11-12H2,1-2H3;5,8,12H,4,6H2,1-3H3/b15-10-;7-5-/t13-,16+;8-/m00/s1. The summed E-state index contributed by atoms with van der Waals surface area (Å²) < 4.78 is 7.52. The number of rotatable bonds is 10. The quantitative estimate of drug-likeness (QED) is 0.305. The maximum Gasteiger partial charge on any atom is 0.416 e. The number of aliphatic hydroxyl groups is 1. The van der Waals surface area contributed by atoms with Gasteiger partial charge in [-0.05, 0) is 83.6 Å². The van der Waals surface area contributed by atoms with Crippen LogP contribution in [0.4, 0.5) is 4.79 Å². The van der Waals surface area contributed by atoms with Crippen LogP contribution in [-0.4, -0.2) is 65.7 Å². The minimum absolute atomic E-state index is 0.148. The maximum absolute atomic E-state index is 12.7. The Morgan fingerprint density at radius 3 is 2.19 bits per heavy atom. The van der Waals surface area contributed by atoms with E-state index in [9.17, 15) is 19.5 Å². The minimum atomic E-state index is -0.897. The lowest BCUT2D eigenvalue weighted by Crippen LogP contribution is -2.42. The molecule has 1 fully saturated rings. The van der Waals surface area contributed by atoms with E-state index in [1.807, 2.05) is 50.3 Å². The predicted octanol–water partition coefficient (Wildman–Crippen LogP) is 5.89. The number of carbonyl (C=O) groups is 3. The van der Waals surface area contributed by atoms with Crippen molar-refractivity contribution in [1.29, 1.82) is 0 Å². The van der Waals surface area contributed by atoms with E-state index in [1.54, 1.807) is 14.1 Å². The highest BCUT2D eigenvalue weighted by Gasteiger charge is 2.39. The third kappa shape index (κ3) is 11.3. The van der Waals surface area contributed by atoms with Gasteiger partial charge in [-0.1, -0.05) is 63.3 Å². The van der Waals surface area contributed by atoms with Gasteiger partial charge in [-0.25, -0.2) is 9.69 Å². The van der Waals surface area contributed by atoms with Gasteiger partial charge in [0.25, 0.3) is 5.91 Å². The molecule has 3 amide bonds. The van der Waals surface area contributed by atoms with Gasteiger partial charge in [-0.3, -0.25) is 9.59 Å². The molecule has 0 saturated carbocycles. The molecule has 9 heteroatoms. The second kappa shape index (κ2) is 17.1. The second-order valence-electron chi connectivity index (χ2n) is 8.76. The van der Waals surface area contributed by atoms with Crippen molar-refractivity contribution in [2.45, 2.75) is 65.0 Å². The van der Waals surface area contributed by atoms with E-state index in [0.29, 0.717) is 19.3 Å². The molecule has 0 radical (unpaired) electrons. The highest BCUT2D eigenvalue weighted by atomic mass is 127. The number of amides is 3. The lowest BCUT2D eigenvalue weighted by Gasteiger charge is -2.22. The van der Waals surface area contributed by atoms with Crippen molar-refractivity contribution in [2.75, 3.05) is 20.7 Å². The zero-order chi connectivity index (χ0) is 27.3. The van der Waals surface area contributed by atoms with Gasteiger partial charge in [0.1, 0.15) is 12.7 Å². The molecule has 0 bridgehead atoms. The molecule has 1 aromatic carbocycles. The van der Waals surface area contributed by atoms with E-state index in [0.717, 1.165) is 18.4 Å². The summed E-state index contributed by atoms with van der Waals surface area (Å²) in [6.07, 6.45) is 6.14. The van der Waals surface area contributed by atoms with E-state index in [4.69, 9.17) is 4.74 Å². The molecule has 200 valence electrons. The number of likely N-dealkylation sites (N-methyl/N-ethyl adjacent to an activating group) is 1. The fraction of sp³-hybridized carbons (Fsp3) is 0.519. The third-order valence-electron chi connectivity index (χ3n) is 5.59. The number of halogens is 2. The van der Waals surface area contributed by atoms with Crippen LogP contribution in [0.2, 0.25) is 0 Å². The molecule has 7 nitrogen and oxygen atoms in total. The van der Waals surface area contributed by atoms with Crippen molar-refractivity contribution in [1.82, 2.24) is 9.80 Å². The summed E-state index contributed by atoms with van der Waals surface area (Å²) in [5.74, 6) is -0.614. The fourth-order valence-corrected chi connectivity index (χ4v) is 3.85. The van der Waals surface area contributed by atoms with Gasteiger partial charge in [0.15, 0.2) is 0 Å². The van der Waals surface area contributed by atoms with Gasteiger partial charge in [-0.15, -0.1) is 0 Å². The summed E-state index contributed by atoms with van der Waals surface area (Å²) in [6, 6.07) is 9.65. The SMILES string of the molecule is CC/C(I)=C/C[C@H](C)C(=O)N1C(=O)OC[C@H]1Cc1ccccc1.CC/C(I)=C/C[C@H](O)C(=O)N(C)C. The first-order chi connectivity index (χ1) is 17.0. The fourth-order valence-electron chi connectivity index (χ4n) is 3.34. The van der Waals surface area contributed by atoms with Crippen molar-refractivity contribution < 1.29 is 24.2 Å². The Balaban J connectivity index is 0.000000426. The number of carbonyl (C=O) groups excluding carboxylic acids is 3. The number of hydrogen-bond acceptors (Lipinski definition) is 5. The van der Waals surface area contributed by atoms with Crippen molar-refractivity contribution >= 4 is 63.1 Å². The first kappa shape index (κ1) is 32.6. The molecule has 0 unspecified atom stereocenters. The molecule has 0 spiro atoms. The Morgan fingerprint density at radius 2 is 1.67 bits per heavy atom. The highest BCUT2D eigenvalue weighted by Crippen LogP contribution is 2.22. The lowest BCUT2D eigenvalue weighted by molar-refractivity contribution is -0.137. The lowest BCUT2D eigenvalue weighted by atomic mass is 10.0. The van der Waals surface area contributed by atoms with Crippen LogP contribution in [0.5, 0.6) is 0 Å². The van der Waals surface area contributed by atoms with Crippen LogP contribution in [-0.2, 0) is 20.7 Å². The monoisotopic (exact) mass is 724 g/mol. The van der Waals surface area contributed by atoms with E-state index in [1.165, 1.54) is 17.0 Å². The average molecular weight is 724 g/mol. The number of nitrogens with zero attached hydrogens (tertiary/aromatic N) is 2. The molecular weight excluding hydrogens is 686 g/mol. The Bertz CT molecular complexity index is 918. The van der Waals surface area contributed by atoms with Crippen molar-refractivity contribution in [2.24, 2.45) is 5.92 Å². The molecule has 1 aromatic rings. The number of cyclic esters (lactones) is 1. The molecule has 36 heavy (non-hydrogen) atoms. The summed E-state index contributed by atoms with van der Waals surface area (Å²) in [6.45, 7) is 6.26. The van der Waals surface area contributed by atoms with Crippen molar-refractivity contribution in [3.8, 4) is 0 Å². The topological polar surface area (TPSA) is 87.1 Å². The van der Waals surface area contributed by atoms with Crippen LogP contribution >= 0.6 is 45.2 Å². The number of aliphatic hydroxyl groups excluding tert-OH is 1.